The van der Waals surface area contributed by atoms with E-state index in [2.05, 4.69) is 18.8 Å². The fourth-order valence-electron chi connectivity index (χ4n) is 1.40. The van der Waals surface area contributed by atoms with Crippen molar-refractivity contribution < 1.29 is 0 Å². The Bertz CT molecular complexity index is 274. The molecular weight excluding hydrogens is 196 g/mol. The van der Waals surface area contributed by atoms with Crippen molar-refractivity contribution in [3.8, 4) is 0 Å². The molecule has 0 aliphatic carbocycles. The zero-order chi connectivity index (χ0) is 9.84. The van der Waals surface area contributed by atoms with Crippen LogP contribution in [0.25, 0.3) is 0 Å². The van der Waals surface area contributed by atoms with Crippen LogP contribution in [0.4, 0.5) is 0 Å². The van der Waals surface area contributed by atoms with Crippen molar-refractivity contribution in [2.45, 2.75) is 33.2 Å². The van der Waals surface area contributed by atoms with Gasteiger partial charge in [-0.3, -0.25) is 4.98 Å². The molecule has 0 fully saturated rings. The van der Waals surface area contributed by atoms with Gasteiger partial charge in [0.05, 0.1) is 5.69 Å². The number of pyridine rings is 1. The number of aryl methyl sites for hydroxylation is 1. The molecule has 0 saturated heterocycles. The van der Waals surface area contributed by atoms with Crippen LogP contribution in [0.15, 0.2) is 18.2 Å². The molecule has 1 aromatic rings. The topological polar surface area (TPSA) is 38.9 Å². The van der Waals surface area contributed by atoms with Crippen molar-refractivity contribution in [1.82, 2.24) is 4.98 Å². The molecule has 0 unspecified atom stereocenters. The summed E-state index contributed by atoms with van der Waals surface area (Å²) in [6.45, 7) is 6.34. The molecule has 0 aliphatic rings. The fourth-order valence-corrected chi connectivity index (χ4v) is 1.40. The van der Waals surface area contributed by atoms with E-state index in [0.29, 0.717) is 5.92 Å². The summed E-state index contributed by atoms with van der Waals surface area (Å²) in [4.78, 5) is 4.40. The maximum absolute atomic E-state index is 6.00. The van der Waals surface area contributed by atoms with Gasteiger partial charge in [-0.05, 0) is 31.4 Å². The number of aromatic nitrogens is 1. The smallest absolute Gasteiger partial charge is 0.0574 e. The molecule has 2 nitrogen and oxygen atoms in total. The summed E-state index contributed by atoms with van der Waals surface area (Å²) in [5, 5.41) is 0. The predicted molar refractivity (Wildman–Crippen MR) is 62.6 cm³/mol. The lowest BCUT2D eigenvalue weighted by Crippen LogP contribution is -2.14. The van der Waals surface area contributed by atoms with E-state index in [1.54, 1.807) is 0 Å². The average Bonchev–Trinajstić information content (AvgIpc) is 2.03. The second-order valence-corrected chi connectivity index (χ2v) is 3.94. The summed E-state index contributed by atoms with van der Waals surface area (Å²) in [6, 6.07) is 6.09. The van der Waals surface area contributed by atoms with E-state index >= 15 is 0 Å². The highest BCUT2D eigenvalue weighted by Gasteiger charge is 2.08. The van der Waals surface area contributed by atoms with Gasteiger partial charge in [0.2, 0.25) is 0 Å². The molecule has 0 aromatic carbocycles. The minimum Gasteiger partial charge on any atom is -0.323 e. The van der Waals surface area contributed by atoms with Crippen LogP contribution >= 0.6 is 12.4 Å². The Morgan fingerprint density at radius 2 is 2.00 bits per heavy atom. The highest BCUT2D eigenvalue weighted by molar-refractivity contribution is 5.85. The predicted octanol–water partition coefficient (Wildman–Crippen LogP) is 2.86. The van der Waals surface area contributed by atoms with Crippen molar-refractivity contribution in [3.63, 3.8) is 0 Å². The Morgan fingerprint density at radius 1 is 1.36 bits per heavy atom. The van der Waals surface area contributed by atoms with Crippen molar-refractivity contribution in [1.29, 1.82) is 0 Å². The lowest BCUT2D eigenvalue weighted by Gasteiger charge is -2.13. The minimum absolute atomic E-state index is 0. The molecule has 1 atom stereocenters. The highest BCUT2D eigenvalue weighted by Crippen LogP contribution is 2.16. The molecule has 1 heterocycles. The molecule has 0 radical (unpaired) electrons. The Labute approximate surface area is 92.3 Å². The molecule has 0 bridgehead atoms. The third kappa shape index (κ3) is 4.07. The monoisotopic (exact) mass is 214 g/mol. The number of halogens is 1. The van der Waals surface area contributed by atoms with Gasteiger partial charge in [-0.25, -0.2) is 0 Å². The second-order valence-electron chi connectivity index (χ2n) is 3.94. The Balaban J connectivity index is 0.00000169. The van der Waals surface area contributed by atoms with E-state index in [1.165, 1.54) is 0 Å². The molecule has 0 amide bonds. The third-order valence-electron chi connectivity index (χ3n) is 2.02. The van der Waals surface area contributed by atoms with E-state index in [0.717, 1.165) is 17.8 Å². The standard InChI is InChI=1S/C11H18N2.ClH/c1-8(2)7-10(12)11-6-4-5-9(3)13-11;/h4-6,8,10H,7,12H2,1-3H3;1H/t10-;/m0./s1. The van der Waals surface area contributed by atoms with Crippen LogP contribution in [0.2, 0.25) is 0 Å². The molecule has 80 valence electrons. The summed E-state index contributed by atoms with van der Waals surface area (Å²) in [7, 11) is 0. The molecule has 1 aromatic heterocycles. The minimum atomic E-state index is 0. The van der Waals surface area contributed by atoms with E-state index in [-0.39, 0.29) is 18.4 Å². The third-order valence-corrected chi connectivity index (χ3v) is 2.02. The Hall–Kier alpha value is -0.600. The number of hydrogen-bond acceptors (Lipinski definition) is 2. The number of nitrogens with two attached hydrogens (primary N) is 1. The Kier molecular flexibility index (Phi) is 5.73. The number of nitrogens with zero attached hydrogens (tertiary/aromatic N) is 1. The average molecular weight is 215 g/mol. The van der Waals surface area contributed by atoms with Gasteiger partial charge in [0.25, 0.3) is 0 Å². The molecular formula is C11H19ClN2. The SMILES string of the molecule is Cc1cccc([C@@H](N)CC(C)C)n1.Cl. The van der Waals surface area contributed by atoms with Gasteiger partial charge in [0.15, 0.2) is 0 Å². The largest absolute Gasteiger partial charge is 0.323 e. The van der Waals surface area contributed by atoms with Gasteiger partial charge in [0.1, 0.15) is 0 Å². The van der Waals surface area contributed by atoms with E-state index in [9.17, 15) is 0 Å². The first kappa shape index (κ1) is 13.4. The van der Waals surface area contributed by atoms with Crippen LogP contribution in [0.5, 0.6) is 0 Å². The normalized spacial score (nSPS) is 12.4. The molecule has 1 rings (SSSR count). The van der Waals surface area contributed by atoms with E-state index in [4.69, 9.17) is 5.73 Å². The lowest BCUT2D eigenvalue weighted by atomic mass is 10.0. The molecule has 0 aliphatic heterocycles. The van der Waals surface area contributed by atoms with Gasteiger partial charge in [-0.2, -0.15) is 0 Å². The quantitative estimate of drug-likeness (QED) is 0.841. The lowest BCUT2D eigenvalue weighted by molar-refractivity contribution is 0.501. The van der Waals surface area contributed by atoms with Crippen LogP contribution in [-0.2, 0) is 0 Å². The zero-order valence-corrected chi connectivity index (χ0v) is 9.84. The van der Waals surface area contributed by atoms with Gasteiger partial charge >= 0.3 is 0 Å². The van der Waals surface area contributed by atoms with Crippen LogP contribution in [0.1, 0.15) is 37.7 Å². The number of rotatable bonds is 3. The van der Waals surface area contributed by atoms with Crippen molar-refractivity contribution in [2.75, 3.05) is 0 Å². The van der Waals surface area contributed by atoms with Crippen LogP contribution < -0.4 is 5.73 Å². The first-order valence-corrected chi connectivity index (χ1v) is 4.78. The van der Waals surface area contributed by atoms with Crippen molar-refractivity contribution in [2.24, 2.45) is 11.7 Å². The Morgan fingerprint density at radius 3 is 2.50 bits per heavy atom. The van der Waals surface area contributed by atoms with Crippen LogP contribution in [0.3, 0.4) is 0 Å². The summed E-state index contributed by atoms with van der Waals surface area (Å²) >= 11 is 0. The molecule has 2 N–H and O–H groups in total. The summed E-state index contributed by atoms with van der Waals surface area (Å²) in [5.74, 6) is 0.623. The van der Waals surface area contributed by atoms with Gasteiger partial charge in [-0.1, -0.05) is 19.9 Å². The zero-order valence-electron chi connectivity index (χ0n) is 9.03. The van der Waals surface area contributed by atoms with Gasteiger partial charge in [0, 0.05) is 11.7 Å². The van der Waals surface area contributed by atoms with E-state index < -0.39 is 0 Å². The molecule has 0 spiro atoms. The van der Waals surface area contributed by atoms with Gasteiger partial charge < -0.3 is 5.73 Å². The summed E-state index contributed by atoms with van der Waals surface area (Å²) < 4.78 is 0. The highest BCUT2D eigenvalue weighted by atomic mass is 35.5. The summed E-state index contributed by atoms with van der Waals surface area (Å²) in [5.41, 5.74) is 8.05. The first-order chi connectivity index (χ1) is 6.09. The number of hydrogen-bond donors (Lipinski definition) is 1. The second kappa shape index (κ2) is 5.99. The van der Waals surface area contributed by atoms with Crippen LogP contribution in [-0.4, -0.2) is 4.98 Å². The molecule has 14 heavy (non-hydrogen) atoms. The van der Waals surface area contributed by atoms with Gasteiger partial charge in [-0.15, -0.1) is 12.4 Å². The van der Waals surface area contributed by atoms with Crippen molar-refractivity contribution >= 4 is 12.4 Å². The maximum Gasteiger partial charge on any atom is 0.0574 e. The molecule has 0 saturated carbocycles. The first-order valence-electron chi connectivity index (χ1n) is 4.78. The fraction of sp³-hybridized carbons (Fsp3) is 0.545. The molecule has 3 heteroatoms. The maximum atomic E-state index is 6.00. The van der Waals surface area contributed by atoms with E-state index in [1.807, 2.05) is 25.1 Å². The summed E-state index contributed by atoms with van der Waals surface area (Å²) in [6.07, 6.45) is 0.996. The van der Waals surface area contributed by atoms with Crippen LogP contribution in [0, 0.1) is 12.8 Å². The van der Waals surface area contributed by atoms with Crippen molar-refractivity contribution in [3.05, 3.63) is 29.6 Å².